The maximum atomic E-state index is 11.0. The third-order valence-corrected chi connectivity index (χ3v) is 4.70. The summed E-state index contributed by atoms with van der Waals surface area (Å²) in [6.07, 6.45) is 1.35. The summed E-state index contributed by atoms with van der Waals surface area (Å²) in [5, 5.41) is 0. The molecule has 2 N–H and O–H groups in total. The van der Waals surface area contributed by atoms with Gasteiger partial charge in [0.1, 0.15) is 11.5 Å². The summed E-state index contributed by atoms with van der Waals surface area (Å²) in [6.45, 7) is 6.53. The SMILES string of the molecule is C[C@@H]1C[C@@H]1c1ccc(CN2CCO[C@H](CN(C)CC(N)=O)C2)o1. The molecule has 2 aliphatic rings. The molecule has 128 valence electrons. The summed E-state index contributed by atoms with van der Waals surface area (Å²) in [5.41, 5.74) is 5.23. The summed E-state index contributed by atoms with van der Waals surface area (Å²) >= 11 is 0. The van der Waals surface area contributed by atoms with Crippen molar-refractivity contribution >= 4 is 5.91 Å². The molecule has 1 saturated carbocycles. The number of nitrogens with zero attached hydrogens (tertiary/aromatic N) is 2. The van der Waals surface area contributed by atoms with Gasteiger partial charge >= 0.3 is 0 Å². The van der Waals surface area contributed by atoms with Gasteiger partial charge in [0, 0.05) is 25.6 Å². The van der Waals surface area contributed by atoms with Crippen LogP contribution in [0.5, 0.6) is 0 Å². The molecule has 0 bridgehead atoms. The molecule has 2 heterocycles. The molecule has 1 aromatic rings. The van der Waals surface area contributed by atoms with Crippen LogP contribution < -0.4 is 5.73 Å². The van der Waals surface area contributed by atoms with Gasteiger partial charge < -0.3 is 14.9 Å². The zero-order valence-corrected chi connectivity index (χ0v) is 14.0. The zero-order chi connectivity index (χ0) is 16.4. The third kappa shape index (κ3) is 4.56. The molecular weight excluding hydrogens is 294 g/mol. The molecule has 23 heavy (non-hydrogen) atoms. The molecule has 1 aliphatic carbocycles. The molecule has 3 atom stereocenters. The summed E-state index contributed by atoms with van der Waals surface area (Å²) in [4.78, 5) is 15.2. The maximum absolute atomic E-state index is 11.0. The third-order valence-electron chi connectivity index (χ3n) is 4.70. The van der Waals surface area contributed by atoms with Crippen molar-refractivity contribution < 1.29 is 13.9 Å². The van der Waals surface area contributed by atoms with Crippen molar-refractivity contribution in [1.82, 2.24) is 9.80 Å². The minimum absolute atomic E-state index is 0.103. The number of hydrogen-bond donors (Lipinski definition) is 1. The minimum atomic E-state index is -0.308. The van der Waals surface area contributed by atoms with E-state index in [-0.39, 0.29) is 18.6 Å². The fraction of sp³-hybridized carbons (Fsp3) is 0.706. The molecule has 1 aliphatic heterocycles. The van der Waals surface area contributed by atoms with Gasteiger partial charge in [-0.05, 0) is 31.5 Å². The normalized spacial score (nSPS) is 28.2. The lowest BCUT2D eigenvalue weighted by Gasteiger charge is -2.34. The van der Waals surface area contributed by atoms with Crippen molar-refractivity contribution in [1.29, 1.82) is 0 Å². The lowest BCUT2D eigenvalue weighted by atomic mass is 10.2. The lowest BCUT2D eigenvalue weighted by Crippen LogP contribution is -2.47. The van der Waals surface area contributed by atoms with E-state index >= 15 is 0 Å². The number of hydrogen-bond acceptors (Lipinski definition) is 5. The minimum Gasteiger partial charge on any atom is -0.464 e. The van der Waals surface area contributed by atoms with E-state index in [1.165, 1.54) is 6.42 Å². The molecule has 0 aromatic carbocycles. The number of morpholine rings is 1. The molecule has 0 unspecified atom stereocenters. The second-order valence-corrected chi connectivity index (χ2v) is 7.01. The predicted molar refractivity (Wildman–Crippen MR) is 86.9 cm³/mol. The van der Waals surface area contributed by atoms with Crippen LogP contribution in [0.4, 0.5) is 0 Å². The fourth-order valence-electron chi connectivity index (χ4n) is 3.33. The van der Waals surface area contributed by atoms with Gasteiger partial charge in [0.05, 0.1) is 25.8 Å². The number of carbonyl (C=O) groups excluding carboxylic acids is 1. The van der Waals surface area contributed by atoms with Gasteiger partial charge in [-0.25, -0.2) is 0 Å². The van der Waals surface area contributed by atoms with Gasteiger partial charge in [0.25, 0.3) is 0 Å². The van der Waals surface area contributed by atoms with Crippen LogP contribution in [0.3, 0.4) is 0 Å². The van der Waals surface area contributed by atoms with E-state index in [0.29, 0.717) is 19.1 Å². The molecule has 1 aromatic heterocycles. The van der Waals surface area contributed by atoms with E-state index in [1.807, 2.05) is 11.9 Å². The van der Waals surface area contributed by atoms with Crippen LogP contribution >= 0.6 is 0 Å². The summed E-state index contributed by atoms with van der Waals surface area (Å²) < 4.78 is 11.8. The van der Waals surface area contributed by atoms with Gasteiger partial charge in [-0.2, -0.15) is 0 Å². The highest BCUT2D eigenvalue weighted by atomic mass is 16.5. The molecular formula is C17H27N3O3. The average Bonchev–Trinajstić information content (AvgIpc) is 3.02. The summed E-state index contributed by atoms with van der Waals surface area (Å²) in [6, 6.07) is 4.23. The summed E-state index contributed by atoms with van der Waals surface area (Å²) in [7, 11) is 1.89. The molecule has 6 nitrogen and oxygen atoms in total. The number of primary amides is 1. The standard InChI is InChI=1S/C17H27N3O3/c1-12-7-15(12)16-4-3-13(23-16)9-20-5-6-22-14(10-20)8-19(2)11-17(18)21/h3-4,12,14-15H,5-11H2,1-2H3,(H2,18,21)/t12-,14-,15+/m1/s1. The average molecular weight is 321 g/mol. The molecule has 0 spiro atoms. The number of furan rings is 1. The highest BCUT2D eigenvalue weighted by molar-refractivity contribution is 5.75. The van der Waals surface area contributed by atoms with E-state index in [9.17, 15) is 4.79 Å². The van der Waals surface area contributed by atoms with E-state index in [0.717, 1.165) is 37.1 Å². The van der Waals surface area contributed by atoms with Crippen LogP contribution in [0.15, 0.2) is 16.5 Å². The highest BCUT2D eigenvalue weighted by Crippen LogP contribution is 2.47. The van der Waals surface area contributed by atoms with Crippen molar-refractivity contribution in [2.24, 2.45) is 11.7 Å². The van der Waals surface area contributed by atoms with Crippen molar-refractivity contribution in [2.75, 3.05) is 39.8 Å². The second-order valence-electron chi connectivity index (χ2n) is 7.01. The number of nitrogens with two attached hydrogens (primary N) is 1. The van der Waals surface area contributed by atoms with Gasteiger partial charge in [-0.3, -0.25) is 14.6 Å². The number of carbonyl (C=O) groups is 1. The van der Waals surface area contributed by atoms with Gasteiger partial charge in [0.2, 0.25) is 5.91 Å². The van der Waals surface area contributed by atoms with Gasteiger partial charge in [-0.15, -0.1) is 0 Å². The van der Waals surface area contributed by atoms with E-state index < -0.39 is 0 Å². The topological polar surface area (TPSA) is 71.9 Å². The van der Waals surface area contributed by atoms with Gasteiger partial charge in [-0.1, -0.05) is 6.92 Å². The predicted octanol–water partition coefficient (Wildman–Crippen LogP) is 1.02. The van der Waals surface area contributed by atoms with Crippen LogP contribution in [-0.2, 0) is 16.1 Å². The van der Waals surface area contributed by atoms with E-state index in [1.54, 1.807) is 0 Å². The first-order valence-corrected chi connectivity index (χ1v) is 8.40. The Labute approximate surface area is 137 Å². The van der Waals surface area contributed by atoms with Crippen LogP contribution in [0.2, 0.25) is 0 Å². The second kappa shape index (κ2) is 7.03. The van der Waals surface area contributed by atoms with Crippen molar-refractivity contribution in [3.63, 3.8) is 0 Å². The Morgan fingerprint density at radius 1 is 1.48 bits per heavy atom. The first kappa shape index (κ1) is 16.5. The Bertz CT molecular complexity index is 545. The van der Waals surface area contributed by atoms with E-state index in [2.05, 4.69) is 24.0 Å². The Morgan fingerprint density at radius 2 is 2.26 bits per heavy atom. The Morgan fingerprint density at radius 3 is 2.96 bits per heavy atom. The number of likely N-dealkylation sites (N-methyl/N-ethyl adjacent to an activating group) is 1. The monoisotopic (exact) mass is 321 g/mol. The zero-order valence-electron chi connectivity index (χ0n) is 14.0. The lowest BCUT2D eigenvalue weighted by molar-refractivity contribution is -0.119. The Balaban J connectivity index is 1.48. The van der Waals surface area contributed by atoms with Crippen molar-refractivity contribution in [3.8, 4) is 0 Å². The molecule has 3 rings (SSSR count). The number of rotatable bonds is 7. The largest absolute Gasteiger partial charge is 0.464 e. The number of amides is 1. The first-order chi connectivity index (χ1) is 11.0. The molecule has 0 radical (unpaired) electrons. The van der Waals surface area contributed by atoms with Gasteiger partial charge in [0.15, 0.2) is 0 Å². The quantitative estimate of drug-likeness (QED) is 0.812. The van der Waals surface area contributed by atoms with Crippen molar-refractivity contribution in [2.45, 2.75) is 31.9 Å². The molecule has 2 fully saturated rings. The van der Waals surface area contributed by atoms with Crippen LogP contribution in [0.1, 0.15) is 30.8 Å². The summed E-state index contributed by atoms with van der Waals surface area (Å²) in [5.74, 6) is 3.26. The maximum Gasteiger partial charge on any atom is 0.231 e. The number of ether oxygens (including phenoxy) is 1. The molecule has 6 heteroatoms. The van der Waals surface area contributed by atoms with E-state index in [4.69, 9.17) is 14.9 Å². The molecule has 1 amide bonds. The van der Waals surface area contributed by atoms with Crippen LogP contribution in [0, 0.1) is 5.92 Å². The smallest absolute Gasteiger partial charge is 0.231 e. The Hall–Kier alpha value is -1.37. The first-order valence-electron chi connectivity index (χ1n) is 8.40. The van der Waals surface area contributed by atoms with Crippen LogP contribution in [0.25, 0.3) is 0 Å². The van der Waals surface area contributed by atoms with Crippen molar-refractivity contribution in [3.05, 3.63) is 23.7 Å². The Kier molecular flexibility index (Phi) is 5.04. The fourth-order valence-corrected chi connectivity index (χ4v) is 3.33. The highest BCUT2D eigenvalue weighted by Gasteiger charge is 2.36. The molecule has 1 saturated heterocycles. The van der Waals surface area contributed by atoms with Crippen LogP contribution in [-0.4, -0.2) is 61.6 Å².